The molecule has 0 saturated heterocycles. The van der Waals surface area contributed by atoms with E-state index in [1.807, 2.05) is 0 Å². The second-order valence-corrected chi connectivity index (χ2v) is 25.3. The van der Waals surface area contributed by atoms with E-state index in [0.29, 0.717) is 0 Å². The molecule has 0 aromatic heterocycles. The summed E-state index contributed by atoms with van der Waals surface area (Å²) in [5.74, 6) is 0. The standard InChI is InChI=1S/C7H15Si.3C6H5.Sn/c1-7(2)6-8(3,4)5;3*1-2-4-6-5-3-1;/h1-2,6H2,3-5H3;3*1-5H;. The summed E-state index contributed by atoms with van der Waals surface area (Å²) in [6, 6.07) is 35.0. The number of allylic oxidation sites excluding steroid dienone is 1. The molecule has 0 atom stereocenters. The molecule has 3 aromatic carbocycles. The Morgan fingerprint density at radius 3 is 1.30 bits per heavy atom. The minimum atomic E-state index is -3.17. The van der Waals surface area contributed by atoms with Crippen LogP contribution in [0.2, 0.25) is 30.1 Å². The quantitative estimate of drug-likeness (QED) is 0.330. The zero-order valence-corrected chi connectivity index (χ0v) is 20.6. The molecule has 0 amide bonds. The average molecular weight is 477 g/mol. The van der Waals surface area contributed by atoms with Gasteiger partial charge in [0.1, 0.15) is 0 Å². The van der Waals surface area contributed by atoms with Crippen LogP contribution >= 0.6 is 0 Å². The molecule has 0 bridgehead atoms. The van der Waals surface area contributed by atoms with Crippen LogP contribution in [0.15, 0.2) is 103 Å². The van der Waals surface area contributed by atoms with E-state index in [1.54, 1.807) is 10.7 Å². The van der Waals surface area contributed by atoms with E-state index in [9.17, 15) is 0 Å². The molecule has 0 saturated carbocycles. The maximum absolute atomic E-state index is 4.59. The van der Waals surface area contributed by atoms with Crippen LogP contribution in [0.25, 0.3) is 0 Å². The summed E-state index contributed by atoms with van der Waals surface area (Å²) in [6.07, 6.45) is 0. The molecule has 0 aliphatic heterocycles. The molecule has 0 aliphatic carbocycles. The first-order chi connectivity index (χ1) is 12.9. The third kappa shape index (κ3) is 4.83. The molecule has 0 heterocycles. The fourth-order valence-corrected chi connectivity index (χ4v) is 20.1. The van der Waals surface area contributed by atoms with Crippen molar-refractivity contribution in [2.24, 2.45) is 0 Å². The molecule has 0 unspecified atom stereocenters. The van der Waals surface area contributed by atoms with Gasteiger partial charge in [-0.2, -0.15) is 0 Å². The van der Waals surface area contributed by atoms with Crippen LogP contribution in [0, 0.1) is 0 Å². The van der Waals surface area contributed by atoms with Gasteiger partial charge in [-0.25, -0.2) is 0 Å². The van der Waals surface area contributed by atoms with Crippen LogP contribution in [0.1, 0.15) is 0 Å². The second-order valence-electron chi connectivity index (χ2n) is 8.67. The van der Waals surface area contributed by atoms with Gasteiger partial charge in [-0.15, -0.1) is 0 Å². The van der Waals surface area contributed by atoms with Crippen molar-refractivity contribution in [3.05, 3.63) is 103 Å². The zero-order valence-electron chi connectivity index (χ0n) is 16.8. The predicted molar refractivity (Wildman–Crippen MR) is 126 cm³/mol. The topological polar surface area (TPSA) is 0 Å². The van der Waals surface area contributed by atoms with E-state index in [0.717, 1.165) is 4.44 Å². The van der Waals surface area contributed by atoms with E-state index >= 15 is 0 Å². The molecule has 2 heteroatoms. The Kier molecular flexibility index (Phi) is 6.43. The number of hydrogen-bond donors (Lipinski definition) is 0. The van der Waals surface area contributed by atoms with Gasteiger partial charge in [-0.05, 0) is 0 Å². The van der Waals surface area contributed by atoms with Gasteiger partial charge in [0, 0.05) is 0 Å². The summed E-state index contributed by atoms with van der Waals surface area (Å²) >= 11 is -3.17. The summed E-state index contributed by atoms with van der Waals surface area (Å²) in [4.78, 5) is 0. The van der Waals surface area contributed by atoms with Crippen molar-refractivity contribution in [1.29, 1.82) is 0 Å². The Labute approximate surface area is 169 Å². The van der Waals surface area contributed by atoms with Gasteiger partial charge in [-0.1, -0.05) is 0 Å². The third-order valence-electron chi connectivity index (χ3n) is 5.10. The third-order valence-corrected chi connectivity index (χ3v) is 20.9. The maximum atomic E-state index is 4.59. The van der Waals surface area contributed by atoms with Crippen LogP contribution < -0.4 is 10.7 Å². The minimum absolute atomic E-state index is 1.15. The van der Waals surface area contributed by atoms with E-state index in [-0.39, 0.29) is 0 Å². The molecule has 27 heavy (non-hydrogen) atoms. The van der Waals surface area contributed by atoms with E-state index in [1.165, 1.54) is 11.6 Å². The molecule has 0 spiro atoms. The molecule has 138 valence electrons. The number of benzene rings is 3. The van der Waals surface area contributed by atoms with Crippen molar-refractivity contribution in [2.75, 3.05) is 0 Å². The number of hydrogen-bond acceptors (Lipinski definition) is 0. The molecule has 0 aliphatic rings. The van der Waals surface area contributed by atoms with E-state index < -0.39 is 26.5 Å². The van der Waals surface area contributed by atoms with Crippen molar-refractivity contribution in [1.82, 2.24) is 0 Å². The molecule has 3 rings (SSSR count). The molecular formula is C25H30SiSn. The van der Waals surface area contributed by atoms with Crippen LogP contribution in [0.4, 0.5) is 0 Å². The molecule has 0 fully saturated rings. The van der Waals surface area contributed by atoms with Crippen LogP contribution in [0.5, 0.6) is 0 Å². The Bertz CT molecular complexity index is 768. The number of rotatable bonds is 7. The second kappa shape index (κ2) is 8.62. The molecule has 0 nitrogen and oxygen atoms in total. The average Bonchev–Trinajstić information content (AvgIpc) is 2.67. The fourth-order valence-electron chi connectivity index (χ4n) is 4.16. The van der Waals surface area contributed by atoms with Crippen LogP contribution in [-0.4, -0.2) is 26.5 Å². The Balaban J connectivity index is 2.21. The van der Waals surface area contributed by atoms with Gasteiger partial charge in [0.15, 0.2) is 0 Å². The summed E-state index contributed by atoms with van der Waals surface area (Å²) in [7, 11) is -1.19. The summed E-state index contributed by atoms with van der Waals surface area (Å²) < 4.78 is 5.78. The van der Waals surface area contributed by atoms with Crippen molar-refractivity contribution < 1.29 is 0 Å². The SMILES string of the molecule is C=C(C[Si](C)(C)C)[CH2][Sn]([c]1ccccc1)([c]1ccccc1)[c]1ccccc1. The van der Waals surface area contributed by atoms with E-state index in [4.69, 9.17) is 0 Å². The molecule has 0 radical (unpaired) electrons. The predicted octanol–water partition coefficient (Wildman–Crippen LogP) is 5.05. The van der Waals surface area contributed by atoms with Crippen molar-refractivity contribution in [3.63, 3.8) is 0 Å². The van der Waals surface area contributed by atoms with Crippen LogP contribution in [-0.2, 0) is 0 Å². The summed E-state index contributed by atoms with van der Waals surface area (Å²) in [6.45, 7) is 11.9. The first kappa shape index (κ1) is 20.2. The van der Waals surface area contributed by atoms with Gasteiger partial charge in [0.25, 0.3) is 0 Å². The fraction of sp³-hybridized carbons (Fsp3) is 0.200. The Morgan fingerprint density at radius 1 is 0.667 bits per heavy atom. The Morgan fingerprint density at radius 2 is 1.00 bits per heavy atom. The van der Waals surface area contributed by atoms with Crippen molar-refractivity contribution >= 4 is 37.2 Å². The van der Waals surface area contributed by atoms with Crippen molar-refractivity contribution in [2.45, 2.75) is 30.1 Å². The zero-order chi connectivity index (χ0) is 19.3. The van der Waals surface area contributed by atoms with Crippen LogP contribution in [0.3, 0.4) is 0 Å². The van der Waals surface area contributed by atoms with Crippen molar-refractivity contribution in [3.8, 4) is 0 Å². The normalized spacial score (nSPS) is 12.0. The first-order valence-corrected chi connectivity index (χ1v) is 19.8. The van der Waals surface area contributed by atoms with Gasteiger partial charge in [0.05, 0.1) is 0 Å². The first-order valence-electron chi connectivity index (χ1n) is 9.75. The van der Waals surface area contributed by atoms with Gasteiger partial charge in [-0.3, -0.25) is 0 Å². The van der Waals surface area contributed by atoms with Gasteiger partial charge < -0.3 is 0 Å². The molecule has 0 N–H and O–H groups in total. The molecular weight excluding hydrogens is 447 g/mol. The monoisotopic (exact) mass is 478 g/mol. The molecule has 3 aromatic rings. The van der Waals surface area contributed by atoms with E-state index in [2.05, 4.69) is 117 Å². The Hall–Kier alpha value is -1.58. The van der Waals surface area contributed by atoms with Gasteiger partial charge >= 0.3 is 170 Å². The summed E-state index contributed by atoms with van der Waals surface area (Å²) in [5.41, 5.74) is 1.45. The summed E-state index contributed by atoms with van der Waals surface area (Å²) in [5, 5.41) is 0. The van der Waals surface area contributed by atoms with Gasteiger partial charge in [0.2, 0.25) is 0 Å².